The monoisotopic (exact) mass is 458 g/mol. The summed E-state index contributed by atoms with van der Waals surface area (Å²) in [5, 5.41) is 13.9. The Labute approximate surface area is 191 Å². The smallest absolute Gasteiger partial charge is 0.336 e. The topological polar surface area (TPSA) is 78.4 Å². The molecule has 0 amide bonds. The molecule has 0 bridgehead atoms. The quantitative estimate of drug-likeness (QED) is 0.446. The minimum Gasteiger partial charge on any atom is -0.478 e. The molecule has 1 saturated heterocycles. The number of aromatic carboxylic acids is 1. The van der Waals surface area contributed by atoms with E-state index in [1.807, 2.05) is 12.1 Å². The summed E-state index contributed by atoms with van der Waals surface area (Å²) in [6.07, 6.45) is 5.17. The van der Waals surface area contributed by atoms with E-state index in [2.05, 4.69) is 34.0 Å². The number of carbonyl (C=O) groups is 1. The summed E-state index contributed by atoms with van der Waals surface area (Å²) >= 11 is 7.86. The average Bonchev–Trinajstić information content (AvgIpc) is 3.17. The maximum atomic E-state index is 11.5. The highest BCUT2D eigenvalue weighted by Gasteiger charge is 2.22. The number of carboxylic acids is 1. The van der Waals surface area contributed by atoms with Gasteiger partial charge in [0.15, 0.2) is 0 Å². The number of benzene rings is 1. The van der Waals surface area contributed by atoms with Crippen LogP contribution < -0.4 is 5.32 Å². The van der Waals surface area contributed by atoms with E-state index in [9.17, 15) is 9.90 Å². The molecule has 8 heteroatoms. The molecule has 2 N–H and O–H groups in total. The third-order valence-corrected chi connectivity index (χ3v) is 7.33. The fourth-order valence-corrected chi connectivity index (χ4v) is 5.60. The number of nitrogens with zero attached hydrogens (tertiary/aromatic N) is 3. The molecule has 0 spiro atoms. The largest absolute Gasteiger partial charge is 0.478 e. The summed E-state index contributed by atoms with van der Waals surface area (Å²) in [7, 11) is 0. The van der Waals surface area contributed by atoms with Crippen molar-refractivity contribution in [2.24, 2.45) is 5.92 Å². The molecule has 1 aliphatic heterocycles. The van der Waals surface area contributed by atoms with Crippen LogP contribution in [0.25, 0.3) is 20.7 Å². The Morgan fingerprint density at radius 3 is 3.00 bits per heavy atom. The van der Waals surface area contributed by atoms with Crippen LogP contribution in [0.3, 0.4) is 0 Å². The van der Waals surface area contributed by atoms with Gasteiger partial charge in [0.25, 0.3) is 0 Å². The van der Waals surface area contributed by atoms with E-state index in [0.29, 0.717) is 28.1 Å². The lowest BCUT2D eigenvalue weighted by molar-refractivity contribution is 0.0699. The number of likely N-dealkylation sites (tertiary alicyclic amines) is 1. The number of halogens is 1. The van der Waals surface area contributed by atoms with E-state index in [-0.39, 0.29) is 5.56 Å². The zero-order valence-electron chi connectivity index (χ0n) is 17.8. The SMILES string of the molecule is CC1CCN(CCCNc2ncc(Cl)c(-c3cc4c(C(=O)O)cccc4s3)n2)[C@H](C)C1. The molecule has 1 aliphatic rings. The summed E-state index contributed by atoms with van der Waals surface area (Å²) in [4.78, 5) is 23.8. The van der Waals surface area contributed by atoms with Crippen molar-refractivity contribution in [3.8, 4) is 10.6 Å². The Hall–Kier alpha value is -2.22. The Kier molecular flexibility index (Phi) is 6.74. The normalized spacial score (nSPS) is 19.6. The lowest BCUT2D eigenvalue weighted by Gasteiger charge is -2.36. The molecule has 3 heterocycles. The van der Waals surface area contributed by atoms with E-state index >= 15 is 0 Å². The van der Waals surface area contributed by atoms with Crippen LogP contribution in [0.5, 0.6) is 0 Å². The Balaban J connectivity index is 1.44. The van der Waals surface area contributed by atoms with Gasteiger partial charge in [-0.15, -0.1) is 11.3 Å². The Morgan fingerprint density at radius 2 is 2.23 bits per heavy atom. The zero-order valence-corrected chi connectivity index (χ0v) is 19.3. The number of thiophene rings is 1. The summed E-state index contributed by atoms with van der Waals surface area (Å²) in [6.45, 7) is 7.68. The predicted molar refractivity (Wildman–Crippen MR) is 127 cm³/mol. The van der Waals surface area contributed by atoms with Gasteiger partial charge in [-0.25, -0.2) is 14.8 Å². The standard InChI is InChI=1S/C23H27ClN4O2S/c1-14-7-10-28(15(2)11-14)9-4-8-25-23-26-13-18(24)21(27-23)20-12-17-16(22(29)30)5-3-6-19(17)31-20/h3,5-6,12-15H,4,7-11H2,1-2H3,(H,29,30)(H,25,26,27)/t14?,15-/m1/s1. The van der Waals surface area contributed by atoms with Crippen molar-refractivity contribution in [3.05, 3.63) is 41.0 Å². The van der Waals surface area contributed by atoms with Crippen molar-refractivity contribution < 1.29 is 9.90 Å². The number of hydrogen-bond donors (Lipinski definition) is 2. The molecular formula is C23H27ClN4O2S. The fourth-order valence-electron chi connectivity index (χ4n) is 4.26. The molecular weight excluding hydrogens is 432 g/mol. The van der Waals surface area contributed by atoms with Crippen molar-refractivity contribution in [1.29, 1.82) is 0 Å². The molecule has 6 nitrogen and oxygen atoms in total. The van der Waals surface area contributed by atoms with Crippen molar-refractivity contribution in [3.63, 3.8) is 0 Å². The Bertz CT molecular complexity index is 1090. The second-order valence-corrected chi connectivity index (χ2v) is 9.81. The summed E-state index contributed by atoms with van der Waals surface area (Å²) in [6, 6.07) is 7.77. The van der Waals surface area contributed by atoms with Crippen LogP contribution >= 0.6 is 22.9 Å². The van der Waals surface area contributed by atoms with Gasteiger partial charge < -0.3 is 15.3 Å². The first-order valence-corrected chi connectivity index (χ1v) is 11.9. The fraction of sp³-hybridized carbons (Fsp3) is 0.435. The number of fused-ring (bicyclic) bond motifs is 1. The first-order chi connectivity index (χ1) is 14.9. The zero-order chi connectivity index (χ0) is 22.0. The lowest BCUT2D eigenvalue weighted by atomic mass is 9.93. The van der Waals surface area contributed by atoms with Crippen molar-refractivity contribution in [2.45, 2.75) is 39.2 Å². The molecule has 164 valence electrons. The van der Waals surface area contributed by atoms with Gasteiger partial charge >= 0.3 is 5.97 Å². The average molecular weight is 459 g/mol. The molecule has 0 aliphatic carbocycles. The van der Waals surface area contributed by atoms with Gasteiger partial charge in [-0.3, -0.25) is 0 Å². The van der Waals surface area contributed by atoms with Crippen LogP contribution in [0, 0.1) is 5.92 Å². The molecule has 0 saturated carbocycles. The van der Waals surface area contributed by atoms with Crippen molar-refractivity contribution in [1.82, 2.24) is 14.9 Å². The maximum Gasteiger partial charge on any atom is 0.336 e. The van der Waals surface area contributed by atoms with E-state index in [0.717, 1.165) is 35.0 Å². The lowest BCUT2D eigenvalue weighted by Crippen LogP contribution is -2.41. The number of carboxylic acid groups (broad SMARTS) is 1. The minimum absolute atomic E-state index is 0.282. The highest BCUT2D eigenvalue weighted by molar-refractivity contribution is 7.22. The summed E-state index contributed by atoms with van der Waals surface area (Å²) in [5.41, 5.74) is 0.903. The minimum atomic E-state index is -0.941. The van der Waals surface area contributed by atoms with Gasteiger partial charge in [-0.05, 0) is 56.8 Å². The second-order valence-electron chi connectivity index (χ2n) is 8.32. The molecule has 2 atom stereocenters. The molecule has 1 aromatic carbocycles. The summed E-state index contributed by atoms with van der Waals surface area (Å²) in [5.74, 6) is 0.421. The maximum absolute atomic E-state index is 11.5. The predicted octanol–water partition coefficient (Wildman–Crippen LogP) is 5.63. The van der Waals surface area contributed by atoms with Gasteiger partial charge in [0, 0.05) is 29.2 Å². The van der Waals surface area contributed by atoms with Crippen LogP contribution in [0.15, 0.2) is 30.5 Å². The van der Waals surface area contributed by atoms with E-state index in [4.69, 9.17) is 11.6 Å². The van der Waals surface area contributed by atoms with E-state index in [1.54, 1.807) is 18.3 Å². The molecule has 3 aromatic rings. The van der Waals surface area contributed by atoms with Gasteiger partial charge in [0.1, 0.15) is 5.69 Å². The van der Waals surface area contributed by atoms with Crippen LogP contribution in [0.2, 0.25) is 5.02 Å². The number of hydrogen-bond acceptors (Lipinski definition) is 6. The van der Waals surface area contributed by atoms with E-state index < -0.39 is 5.97 Å². The number of aromatic nitrogens is 2. The molecule has 0 radical (unpaired) electrons. The molecule has 2 aromatic heterocycles. The molecule has 4 rings (SSSR count). The van der Waals surface area contributed by atoms with Crippen molar-refractivity contribution in [2.75, 3.05) is 25.0 Å². The first kappa shape index (κ1) is 22.0. The number of anilines is 1. The molecule has 31 heavy (non-hydrogen) atoms. The molecule has 1 fully saturated rings. The van der Waals surface area contributed by atoms with Crippen LogP contribution in [0.4, 0.5) is 5.95 Å². The van der Waals surface area contributed by atoms with Crippen LogP contribution in [0.1, 0.15) is 43.5 Å². The molecule has 1 unspecified atom stereocenters. The highest BCUT2D eigenvalue weighted by Crippen LogP contribution is 2.37. The second kappa shape index (κ2) is 9.51. The first-order valence-electron chi connectivity index (χ1n) is 10.7. The number of nitrogens with one attached hydrogen (secondary N) is 1. The highest BCUT2D eigenvalue weighted by atomic mass is 35.5. The van der Waals surface area contributed by atoms with Crippen LogP contribution in [-0.4, -0.2) is 51.6 Å². The van der Waals surface area contributed by atoms with Gasteiger partial charge in [0.2, 0.25) is 5.95 Å². The van der Waals surface area contributed by atoms with E-state index in [1.165, 1.54) is 30.7 Å². The number of rotatable bonds is 7. The summed E-state index contributed by atoms with van der Waals surface area (Å²) < 4.78 is 0.893. The van der Waals surface area contributed by atoms with Gasteiger partial charge in [-0.2, -0.15) is 0 Å². The number of piperidine rings is 1. The van der Waals surface area contributed by atoms with Gasteiger partial charge in [0.05, 0.1) is 21.7 Å². The third-order valence-electron chi connectivity index (χ3n) is 5.95. The van der Waals surface area contributed by atoms with Crippen molar-refractivity contribution >= 4 is 44.9 Å². The van der Waals surface area contributed by atoms with Crippen LogP contribution in [-0.2, 0) is 0 Å². The van der Waals surface area contributed by atoms with Gasteiger partial charge in [-0.1, -0.05) is 24.6 Å². The Morgan fingerprint density at radius 1 is 1.39 bits per heavy atom. The third kappa shape index (κ3) is 5.00.